The molecule has 1 heterocycles. The van der Waals surface area contributed by atoms with Crippen LogP contribution in [0, 0.1) is 0 Å². The molecule has 0 aliphatic carbocycles. The zero-order valence-electron chi connectivity index (χ0n) is 10.8. The lowest BCUT2D eigenvalue weighted by Crippen LogP contribution is -2.22. The highest BCUT2D eigenvalue weighted by molar-refractivity contribution is 5.16. The third kappa shape index (κ3) is 3.94. The van der Waals surface area contributed by atoms with E-state index in [4.69, 9.17) is 0 Å². The smallest absolute Gasteiger partial charge is 0.0666 e. The molecule has 0 saturated heterocycles. The summed E-state index contributed by atoms with van der Waals surface area (Å²) in [5, 5.41) is 13.6. The van der Waals surface area contributed by atoms with Crippen molar-refractivity contribution < 1.29 is 5.11 Å². The van der Waals surface area contributed by atoms with Crippen LogP contribution in [-0.4, -0.2) is 39.5 Å². The lowest BCUT2D eigenvalue weighted by Gasteiger charge is -2.17. The summed E-state index contributed by atoms with van der Waals surface area (Å²) in [7, 11) is 4.03. The van der Waals surface area contributed by atoms with Crippen LogP contribution in [0.1, 0.15) is 31.5 Å². The molecule has 0 fully saturated rings. The Labute approximate surface area is 97.9 Å². The number of hydrogen-bond acceptors (Lipinski definition) is 3. The van der Waals surface area contributed by atoms with Gasteiger partial charge in [-0.1, -0.05) is 6.92 Å². The molecule has 1 rings (SSSR count). The van der Waals surface area contributed by atoms with Gasteiger partial charge in [0.25, 0.3) is 0 Å². The predicted octanol–water partition coefficient (Wildman–Crippen LogP) is 1.19. The Morgan fingerprint density at radius 1 is 1.56 bits per heavy atom. The number of aliphatic hydroxyl groups is 1. The van der Waals surface area contributed by atoms with Gasteiger partial charge in [-0.2, -0.15) is 5.10 Å². The van der Waals surface area contributed by atoms with Gasteiger partial charge in [-0.15, -0.1) is 0 Å². The van der Waals surface area contributed by atoms with Gasteiger partial charge < -0.3 is 10.0 Å². The Morgan fingerprint density at radius 3 is 2.81 bits per heavy atom. The molecule has 1 aromatic rings. The highest BCUT2D eigenvalue weighted by atomic mass is 16.3. The number of aryl methyl sites for hydroxylation is 2. The van der Waals surface area contributed by atoms with Crippen molar-refractivity contribution in [2.75, 3.05) is 13.6 Å². The first-order valence-electron chi connectivity index (χ1n) is 5.91. The van der Waals surface area contributed by atoms with Crippen LogP contribution in [0.2, 0.25) is 0 Å². The summed E-state index contributed by atoms with van der Waals surface area (Å²) in [6.07, 6.45) is 3.65. The van der Waals surface area contributed by atoms with Gasteiger partial charge in [0, 0.05) is 31.9 Å². The Hall–Kier alpha value is -0.870. The second-order valence-corrected chi connectivity index (χ2v) is 4.50. The molecular weight excluding hydrogens is 202 g/mol. The van der Waals surface area contributed by atoms with E-state index in [9.17, 15) is 5.11 Å². The Kier molecular flexibility index (Phi) is 4.96. The molecule has 1 unspecified atom stereocenters. The summed E-state index contributed by atoms with van der Waals surface area (Å²) in [5.74, 6) is 0. The minimum atomic E-state index is -0.220. The van der Waals surface area contributed by atoms with Crippen LogP contribution < -0.4 is 0 Å². The van der Waals surface area contributed by atoms with E-state index in [-0.39, 0.29) is 6.10 Å². The van der Waals surface area contributed by atoms with E-state index in [1.807, 2.05) is 18.7 Å². The van der Waals surface area contributed by atoms with Gasteiger partial charge in [0.1, 0.15) is 0 Å². The zero-order valence-corrected chi connectivity index (χ0v) is 10.8. The summed E-state index contributed by atoms with van der Waals surface area (Å²) < 4.78 is 1.87. The van der Waals surface area contributed by atoms with E-state index in [1.54, 1.807) is 0 Å². The first-order valence-corrected chi connectivity index (χ1v) is 5.91. The molecule has 0 spiro atoms. The topological polar surface area (TPSA) is 41.3 Å². The summed E-state index contributed by atoms with van der Waals surface area (Å²) in [5.41, 5.74) is 2.46. The molecule has 1 atom stereocenters. The Balaban J connectivity index is 2.51. The van der Waals surface area contributed by atoms with Crippen molar-refractivity contribution >= 4 is 0 Å². The second-order valence-electron chi connectivity index (χ2n) is 4.50. The van der Waals surface area contributed by atoms with Crippen LogP contribution in [0.5, 0.6) is 0 Å². The molecule has 1 N–H and O–H groups in total. The number of nitrogens with zero attached hydrogens (tertiary/aromatic N) is 3. The average Bonchev–Trinajstić information content (AvgIpc) is 2.55. The summed E-state index contributed by atoms with van der Waals surface area (Å²) in [6.45, 7) is 5.77. The SMILES string of the molecule is CCc1nn(C)cc1CN(C)CCC(C)O. The van der Waals surface area contributed by atoms with Gasteiger partial charge in [-0.05, 0) is 26.8 Å². The predicted molar refractivity (Wildman–Crippen MR) is 65.2 cm³/mol. The van der Waals surface area contributed by atoms with E-state index in [0.29, 0.717) is 0 Å². The standard InChI is InChI=1S/C12H23N3O/c1-5-12-11(9-15(4)13-12)8-14(3)7-6-10(2)16/h9-10,16H,5-8H2,1-4H3. The van der Waals surface area contributed by atoms with Crippen molar-refractivity contribution in [1.82, 2.24) is 14.7 Å². The van der Waals surface area contributed by atoms with Gasteiger partial charge in [0.05, 0.1) is 11.8 Å². The van der Waals surface area contributed by atoms with Crippen LogP contribution in [0.25, 0.3) is 0 Å². The van der Waals surface area contributed by atoms with E-state index in [1.165, 1.54) is 11.3 Å². The molecule has 0 amide bonds. The largest absolute Gasteiger partial charge is 0.393 e. The van der Waals surface area contributed by atoms with E-state index < -0.39 is 0 Å². The molecule has 0 bridgehead atoms. The van der Waals surface area contributed by atoms with Crippen LogP contribution in [0.3, 0.4) is 0 Å². The number of aliphatic hydroxyl groups excluding tert-OH is 1. The van der Waals surface area contributed by atoms with Gasteiger partial charge in [-0.25, -0.2) is 0 Å². The number of rotatable bonds is 6. The maximum Gasteiger partial charge on any atom is 0.0666 e. The van der Waals surface area contributed by atoms with Crippen LogP contribution >= 0.6 is 0 Å². The summed E-state index contributed by atoms with van der Waals surface area (Å²) in [6, 6.07) is 0. The molecule has 0 aliphatic heterocycles. The monoisotopic (exact) mass is 225 g/mol. The first-order chi connectivity index (χ1) is 7.52. The molecule has 92 valence electrons. The molecule has 4 nitrogen and oxygen atoms in total. The Morgan fingerprint density at radius 2 is 2.25 bits per heavy atom. The van der Waals surface area contributed by atoms with Gasteiger partial charge in [0.2, 0.25) is 0 Å². The fourth-order valence-electron chi connectivity index (χ4n) is 1.79. The Bertz CT molecular complexity index is 320. The van der Waals surface area contributed by atoms with Gasteiger partial charge in [-0.3, -0.25) is 4.68 Å². The third-order valence-corrected chi connectivity index (χ3v) is 2.70. The maximum atomic E-state index is 9.23. The van der Waals surface area contributed by atoms with Gasteiger partial charge >= 0.3 is 0 Å². The number of hydrogen-bond donors (Lipinski definition) is 1. The highest BCUT2D eigenvalue weighted by Crippen LogP contribution is 2.10. The zero-order chi connectivity index (χ0) is 12.1. The van der Waals surface area contributed by atoms with Crippen molar-refractivity contribution in [3.63, 3.8) is 0 Å². The van der Waals surface area contributed by atoms with E-state index >= 15 is 0 Å². The second kappa shape index (κ2) is 6.01. The van der Waals surface area contributed by atoms with Crippen molar-refractivity contribution in [3.05, 3.63) is 17.5 Å². The lowest BCUT2D eigenvalue weighted by atomic mass is 10.2. The highest BCUT2D eigenvalue weighted by Gasteiger charge is 2.09. The molecule has 1 aromatic heterocycles. The van der Waals surface area contributed by atoms with Crippen molar-refractivity contribution in [2.24, 2.45) is 7.05 Å². The lowest BCUT2D eigenvalue weighted by molar-refractivity contribution is 0.163. The molecular formula is C12H23N3O. The van der Waals surface area contributed by atoms with Crippen LogP contribution in [-0.2, 0) is 20.0 Å². The quantitative estimate of drug-likeness (QED) is 0.790. The average molecular weight is 225 g/mol. The van der Waals surface area contributed by atoms with E-state index in [2.05, 4.69) is 30.2 Å². The van der Waals surface area contributed by atoms with E-state index in [0.717, 1.165) is 25.9 Å². The number of aromatic nitrogens is 2. The molecule has 4 heteroatoms. The summed E-state index contributed by atoms with van der Waals surface area (Å²) in [4.78, 5) is 2.23. The molecule has 16 heavy (non-hydrogen) atoms. The minimum absolute atomic E-state index is 0.220. The molecule has 0 aromatic carbocycles. The molecule has 0 radical (unpaired) electrons. The molecule has 0 aliphatic rings. The van der Waals surface area contributed by atoms with Crippen molar-refractivity contribution in [2.45, 2.75) is 39.3 Å². The van der Waals surface area contributed by atoms with Crippen molar-refractivity contribution in [3.8, 4) is 0 Å². The third-order valence-electron chi connectivity index (χ3n) is 2.70. The summed E-state index contributed by atoms with van der Waals surface area (Å²) >= 11 is 0. The normalized spacial score (nSPS) is 13.4. The van der Waals surface area contributed by atoms with Crippen LogP contribution in [0.4, 0.5) is 0 Å². The maximum absolute atomic E-state index is 9.23. The minimum Gasteiger partial charge on any atom is -0.393 e. The molecule has 0 saturated carbocycles. The fourth-order valence-corrected chi connectivity index (χ4v) is 1.79. The van der Waals surface area contributed by atoms with Gasteiger partial charge in [0.15, 0.2) is 0 Å². The fraction of sp³-hybridized carbons (Fsp3) is 0.750. The first kappa shape index (κ1) is 13.2. The van der Waals surface area contributed by atoms with Crippen LogP contribution in [0.15, 0.2) is 6.20 Å². The van der Waals surface area contributed by atoms with Crippen molar-refractivity contribution in [1.29, 1.82) is 0 Å².